The number of amides is 1. The van der Waals surface area contributed by atoms with Gasteiger partial charge in [-0.2, -0.15) is 0 Å². The molecule has 1 saturated heterocycles. The van der Waals surface area contributed by atoms with Gasteiger partial charge >= 0.3 is 0 Å². The molecule has 1 aromatic rings. The minimum Gasteiger partial charge on any atom is -0.481 e. The molecular formula is C15H21FN2O2. The maximum Gasteiger partial charge on any atom is 0.263 e. The van der Waals surface area contributed by atoms with Crippen LogP contribution in [0.4, 0.5) is 4.39 Å². The molecule has 4 nitrogen and oxygen atoms in total. The molecule has 2 rings (SSSR count). The molecule has 0 aliphatic carbocycles. The van der Waals surface area contributed by atoms with E-state index in [0.717, 1.165) is 32.6 Å². The average molecular weight is 280 g/mol. The van der Waals surface area contributed by atoms with E-state index in [1.165, 1.54) is 24.3 Å². The van der Waals surface area contributed by atoms with Crippen molar-refractivity contribution in [1.82, 2.24) is 9.80 Å². The van der Waals surface area contributed by atoms with Gasteiger partial charge in [0.05, 0.1) is 0 Å². The maximum atomic E-state index is 12.8. The topological polar surface area (TPSA) is 32.8 Å². The molecule has 1 aliphatic heterocycles. The number of benzene rings is 1. The summed E-state index contributed by atoms with van der Waals surface area (Å²) in [6, 6.07) is 5.73. The predicted octanol–water partition coefficient (Wildman–Crippen LogP) is 1.76. The van der Waals surface area contributed by atoms with Crippen LogP contribution in [-0.4, -0.2) is 55.0 Å². The molecule has 20 heavy (non-hydrogen) atoms. The van der Waals surface area contributed by atoms with Gasteiger partial charge < -0.3 is 14.5 Å². The fraction of sp³-hybridized carbons (Fsp3) is 0.533. The molecule has 0 bridgehead atoms. The lowest BCUT2D eigenvalue weighted by atomic mass is 10.3. The third kappa shape index (κ3) is 3.93. The van der Waals surface area contributed by atoms with Crippen molar-refractivity contribution in [2.45, 2.75) is 19.4 Å². The predicted molar refractivity (Wildman–Crippen MR) is 75.2 cm³/mol. The number of ether oxygens (including phenoxy) is 1. The highest BCUT2D eigenvalue weighted by Gasteiger charge is 2.23. The van der Waals surface area contributed by atoms with Gasteiger partial charge in [0, 0.05) is 19.6 Å². The van der Waals surface area contributed by atoms with Crippen molar-refractivity contribution in [3.8, 4) is 5.75 Å². The molecule has 0 radical (unpaired) electrons. The zero-order chi connectivity index (χ0) is 14.5. The standard InChI is InChI=1S/C15H21FN2O2/c1-12(20-14-6-4-13(16)5-7-14)15(19)18-9-3-8-17(2)10-11-18/h4-7,12H,3,8-11H2,1-2H3/t12-/m1/s1. The van der Waals surface area contributed by atoms with Crippen molar-refractivity contribution in [2.75, 3.05) is 33.2 Å². The summed E-state index contributed by atoms with van der Waals surface area (Å²) in [6.45, 7) is 5.12. The lowest BCUT2D eigenvalue weighted by Crippen LogP contribution is -2.42. The monoisotopic (exact) mass is 280 g/mol. The van der Waals surface area contributed by atoms with E-state index in [4.69, 9.17) is 4.74 Å². The van der Waals surface area contributed by atoms with Crippen LogP contribution in [0.1, 0.15) is 13.3 Å². The Balaban J connectivity index is 1.92. The Hall–Kier alpha value is -1.62. The summed E-state index contributed by atoms with van der Waals surface area (Å²) >= 11 is 0. The Bertz CT molecular complexity index is 450. The highest BCUT2D eigenvalue weighted by molar-refractivity contribution is 5.80. The van der Waals surface area contributed by atoms with Crippen LogP contribution in [0.3, 0.4) is 0 Å². The second-order valence-electron chi connectivity index (χ2n) is 5.20. The molecule has 110 valence electrons. The second-order valence-corrected chi connectivity index (χ2v) is 5.20. The first kappa shape index (κ1) is 14.8. The van der Waals surface area contributed by atoms with Crippen molar-refractivity contribution in [1.29, 1.82) is 0 Å². The normalized spacial score (nSPS) is 18.4. The van der Waals surface area contributed by atoms with E-state index in [-0.39, 0.29) is 11.7 Å². The lowest BCUT2D eigenvalue weighted by Gasteiger charge is -2.24. The first-order valence-corrected chi connectivity index (χ1v) is 6.96. The average Bonchev–Trinajstić information content (AvgIpc) is 2.65. The van der Waals surface area contributed by atoms with Gasteiger partial charge in [-0.05, 0) is 51.2 Å². The van der Waals surface area contributed by atoms with Crippen molar-refractivity contribution >= 4 is 5.91 Å². The number of halogens is 1. The van der Waals surface area contributed by atoms with Crippen molar-refractivity contribution in [3.63, 3.8) is 0 Å². The van der Waals surface area contributed by atoms with Crippen LogP contribution in [0.25, 0.3) is 0 Å². The van der Waals surface area contributed by atoms with Crippen LogP contribution in [0, 0.1) is 5.82 Å². The highest BCUT2D eigenvalue weighted by atomic mass is 19.1. The molecule has 1 heterocycles. The Kier molecular flexibility index (Phi) is 4.95. The summed E-state index contributed by atoms with van der Waals surface area (Å²) in [5, 5.41) is 0. The summed E-state index contributed by atoms with van der Waals surface area (Å²) in [7, 11) is 2.06. The summed E-state index contributed by atoms with van der Waals surface area (Å²) in [5.41, 5.74) is 0. The summed E-state index contributed by atoms with van der Waals surface area (Å²) in [5.74, 6) is 0.190. The molecule has 0 unspecified atom stereocenters. The van der Waals surface area contributed by atoms with Crippen LogP contribution in [0.2, 0.25) is 0 Å². The van der Waals surface area contributed by atoms with E-state index in [2.05, 4.69) is 11.9 Å². The number of carbonyl (C=O) groups is 1. The Morgan fingerprint density at radius 1 is 1.20 bits per heavy atom. The molecule has 1 amide bonds. The number of nitrogens with zero attached hydrogens (tertiary/aromatic N) is 2. The fourth-order valence-corrected chi connectivity index (χ4v) is 2.29. The van der Waals surface area contributed by atoms with Gasteiger partial charge in [-0.25, -0.2) is 4.39 Å². The van der Waals surface area contributed by atoms with Crippen LogP contribution >= 0.6 is 0 Å². The van der Waals surface area contributed by atoms with Crippen LogP contribution in [0.5, 0.6) is 5.75 Å². The third-order valence-corrected chi connectivity index (χ3v) is 3.51. The smallest absolute Gasteiger partial charge is 0.263 e. The van der Waals surface area contributed by atoms with Crippen LogP contribution in [0.15, 0.2) is 24.3 Å². The van der Waals surface area contributed by atoms with E-state index in [1.807, 2.05) is 4.90 Å². The highest BCUT2D eigenvalue weighted by Crippen LogP contribution is 2.14. The summed E-state index contributed by atoms with van der Waals surface area (Å²) < 4.78 is 18.4. The molecule has 1 fully saturated rings. The molecular weight excluding hydrogens is 259 g/mol. The SMILES string of the molecule is C[C@@H](Oc1ccc(F)cc1)C(=O)N1CCCN(C)CC1. The second kappa shape index (κ2) is 6.70. The van der Waals surface area contributed by atoms with E-state index in [9.17, 15) is 9.18 Å². The number of likely N-dealkylation sites (N-methyl/N-ethyl adjacent to an activating group) is 1. The van der Waals surface area contributed by atoms with E-state index in [0.29, 0.717) is 5.75 Å². The van der Waals surface area contributed by atoms with Crippen molar-refractivity contribution in [2.24, 2.45) is 0 Å². The van der Waals surface area contributed by atoms with Crippen molar-refractivity contribution < 1.29 is 13.9 Å². The quantitative estimate of drug-likeness (QED) is 0.846. The molecule has 0 saturated carbocycles. The van der Waals surface area contributed by atoms with Crippen LogP contribution in [-0.2, 0) is 4.79 Å². The summed E-state index contributed by atoms with van der Waals surface area (Å²) in [6.07, 6.45) is 0.426. The first-order valence-electron chi connectivity index (χ1n) is 6.96. The minimum atomic E-state index is -0.552. The molecule has 1 aromatic carbocycles. The van der Waals surface area contributed by atoms with Gasteiger partial charge in [0.2, 0.25) is 0 Å². The van der Waals surface area contributed by atoms with Gasteiger partial charge in [0.25, 0.3) is 5.91 Å². The zero-order valence-corrected chi connectivity index (χ0v) is 12.0. The maximum absolute atomic E-state index is 12.8. The number of rotatable bonds is 3. The minimum absolute atomic E-state index is 0.00961. The molecule has 1 aliphatic rings. The summed E-state index contributed by atoms with van der Waals surface area (Å²) in [4.78, 5) is 16.4. The van der Waals surface area contributed by atoms with E-state index < -0.39 is 6.10 Å². The van der Waals surface area contributed by atoms with Crippen molar-refractivity contribution in [3.05, 3.63) is 30.1 Å². The number of hydrogen-bond acceptors (Lipinski definition) is 3. The molecule has 0 aromatic heterocycles. The van der Waals surface area contributed by atoms with Gasteiger partial charge in [-0.15, -0.1) is 0 Å². The largest absolute Gasteiger partial charge is 0.481 e. The molecule has 5 heteroatoms. The lowest BCUT2D eigenvalue weighted by molar-refractivity contribution is -0.137. The molecule has 1 atom stereocenters. The van der Waals surface area contributed by atoms with Gasteiger partial charge in [-0.3, -0.25) is 4.79 Å². The Morgan fingerprint density at radius 3 is 2.60 bits per heavy atom. The number of hydrogen-bond donors (Lipinski definition) is 0. The molecule has 0 N–H and O–H groups in total. The van der Waals surface area contributed by atoms with Gasteiger partial charge in [-0.1, -0.05) is 0 Å². The fourth-order valence-electron chi connectivity index (χ4n) is 2.29. The van der Waals surface area contributed by atoms with Crippen LogP contribution < -0.4 is 4.74 Å². The Labute approximate surface area is 119 Å². The zero-order valence-electron chi connectivity index (χ0n) is 12.0. The third-order valence-electron chi connectivity index (χ3n) is 3.51. The van der Waals surface area contributed by atoms with Gasteiger partial charge in [0.15, 0.2) is 6.10 Å². The van der Waals surface area contributed by atoms with E-state index in [1.54, 1.807) is 6.92 Å². The number of carbonyl (C=O) groups excluding carboxylic acids is 1. The molecule has 0 spiro atoms. The van der Waals surface area contributed by atoms with Gasteiger partial charge in [0.1, 0.15) is 11.6 Å². The van der Waals surface area contributed by atoms with E-state index >= 15 is 0 Å². The Morgan fingerprint density at radius 2 is 1.90 bits per heavy atom. The first-order chi connectivity index (χ1) is 9.56.